The summed E-state index contributed by atoms with van der Waals surface area (Å²) in [6.07, 6.45) is 23.4. The molecule has 128 valence electrons. The van der Waals surface area contributed by atoms with Gasteiger partial charge in [-0.05, 0) is 63.0 Å². The molecule has 1 saturated carbocycles. The Balaban J connectivity index is 2.18. The van der Waals surface area contributed by atoms with E-state index in [1.807, 2.05) is 0 Å². The second-order valence-corrected chi connectivity index (χ2v) is 7.61. The number of hydrogen-bond donors (Lipinski definition) is 2. The zero-order chi connectivity index (χ0) is 16.0. The predicted molar refractivity (Wildman–Crippen MR) is 103 cm³/mol. The van der Waals surface area contributed by atoms with Crippen LogP contribution in [-0.2, 0) is 0 Å². The normalized spacial score (nSPS) is 25.1. The number of hydrogen-bond acceptors (Lipinski definition) is 2. The van der Waals surface area contributed by atoms with E-state index in [9.17, 15) is 0 Å². The van der Waals surface area contributed by atoms with Crippen LogP contribution in [0.25, 0.3) is 0 Å². The lowest BCUT2D eigenvalue weighted by molar-refractivity contribution is 0.410. The molecule has 0 amide bonds. The van der Waals surface area contributed by atoms with Crippen molar-refractivity contribution in [1.82, 2.24) is 0 Å². The molecule has 3 atom stereocenters. The first kappa shape index (κ1) is 19.8. The van der Waals surface area contributed by atoms with Gasteiger partial charge in [0.25, 0.3) is 0 Å². The van der Waals surface area contributed by atoms with Gasteiger partial charge in [0, 0.05) is 5.25 Å². The van der Waals surface area contributed by atoms with E-state index < -0.39 is 0 Å². The number of thiol groups is 1. The number of allylic oxidation sites excluding steroid dienone is 2. The Hall–Kier alpha value is -0.240. The molecule has 3 unspecified atom stereocenters. The molecule has 1 nitrogen and oxygen atoms in total. The van der Waals surface area contributed by atoms with E-state index in [2.05, 4.69) is 19.1 Å². The molecule has 2 heteroatoms. The first-order chi connectivity index (χ1) is 10.8. The molecule has 0 aromatic carbocycles. The summed E-state index contributed by atoms with van der Waals surface area (Å²) >= 11 is 4.83. The van der Waals surface area contributed by atoms with Crippen molar-refractivity contribution < 1.29 is 0 Å². The van der Waals surface area contributed by atoms with Gasteiger partial charge >= 0.3 is 0 Å². The number of nitrogens with one attached hydrogen (secondary N) is 1. The van der Waals surface area contributed by atoms with Gasteiger partial charge in [0.15, 0.2) is 0 Å². The van der Waals surface area contributed by atoms with Crippen molar-refractivity contribution >= 4 is 18.8 Å². The molecule has 1 fully saturated rings. The van der Waals surface area contributed by atoms with Gasteiger partial charge in [-0.1, -0.05) is 57.6 Å². The zero-order valence-corrected chi connectivity index (χ0v) is 15.5. The molecule has 0 saturated heterocycles. The minimum Gasteiger partial charge on any atom is -0.313 e. The molecule has 1 aliphatic rings. The van der Waals surface area contributed by atoms with Crippen molar-refractivity contribution in [2.24, 2.45) is 11.8 Å². The average Bonchev–Trinajstić information content (AvgIpc) is 2.87. The monoisotopic (exact) mass is 323 g/mol. The maximum absolute atomic E-state index is 7.05. The van der Waals surface area contributed by atoms with Crippen LogP contribution in [0.3, 0.4) is 0 Å². The molecular formula is C20H37NS. The molecule has 0 aromatic heterocycles. The largest absolute Gasteiger partial charge is 0.313 e. The van der Waals surface area contributed by atoms with E-state index in [1.54, 1.807) is 6.21 Å². The van der Waals surface area contributed by atoms with Crippen molar-refractivity contribution in [3.8, 4) is 0 Å². The summed E-state index contributed by atoms with van der Waals surface area (Å²) < 4.78 is 0. The van der Waals surface area contributed by atoms with E-state index in [4.69, 9.17) is 18.0 Å². The van der Waals surface area contributed by atoms with Crippen molar-refractivity contribution in [3.05, 3.63) is 12.2 Å². The number of rotatable bonds is 13. The number of unbranched alkanes of at least 4 members (excludes halogenated alkanes) is 8. The standard InChI is InChI=1S/C20H37NS/c1-2-3-4-5-7-10-13-18-15-16-20(22)19(18)14-11-8-6-9-12-17-21/h10,13,17-22H,2-9,11-12,14-16H2,1H3/b13-10+,21-17?. The molecule has 0 aliphatic heterocycles. The molecule has 0 heterocycles. The first-order valence-corrected chi connectivity index (χ1v) is 10.1. The van der Waals surface area contributed by atoms with Crippen molar-refractivity contribution in [3.63, 3.8) is 0 Å². The molecule has 0 spiro atoms. The lowest BCUT2D eigenvalue weighted by Gasteiger charge is -2.20. The van der Waals surface area contributed by atoms with E-state index in [0.29, 0.717) is 5.25 Å². The molecule has 1 aliphatic carbocycles. The minimum atomic E-state index is 0.622. The minimum absolute atomic E-state index is 0.622. The van der Waals surface area contributed by atoms with Gasteiger partial charge in [0.05, 0.1) is 0 Å². The van der Waals surface area contributed by atoms with Crippen LogP contribution in [0, 0.1) is 17.2 Å². The van der Waals surface area contributed by atoms with Crippen LogP contribution in [0.4, 0.5) is 0 Å². The van der Waals surface area contributed by atoms with Crippen LogP contribution in [-0.4, -0.2) is 11.5 Å². The van der Waals surface area contributed by atoms with Crippen LogP contribution in [0.15, 0.2) is 12.2 Å². The third kappa shape index (κ3) is 8.41. The van der Waals surface area contributed by atoms with Gasteiger partial charge in [-0.15, -0.1) is 0 Å². The van der Waals surface area contributed by atoms with Gasteiger partial charge in [-0.3, -0.25) is 0 Å². The molecule has 0 bridgehead atoms. The summed E-state index contributed by atoms with van der Waals surface area (Å²) in [6.45, 7) is 2.27. The highest BCUT2D eigenvalue weighted by atomic mass is 32.1. The van der Waals surface area contributed by atoms with Crippen LogP contribution in [0.1, 0.15) is 90.4 Å². The maximum atomic E-state index is 7.05. The van der Waals surface area contributed by atoms with E-state index in [0.717, 1.165) is 18.3 Å². The SMILES string of the molecule is CCCCCC/C=C/C1CCC(S)C1CCCCCCC=N. The van der Waals surface area contributed by atoms with Crippen LogP contribution in [0.2, 0.25) is 0 Å². The van der Waals surface area contributed by atoms with E-state index in [-0.39, 0.29) is 0 Å². The Labute approximate surface area is 144 Å². The summed E-state index contributed by atoms with van der Waals surface area (Å²) in [5.41, 5.74) is 0. The summed E-state index contributed by atoms with van der Waals surface area (Å²) in [5, 5.41) is 7.67. The molecule has 1 N–H and O–H groups in total. The van der Waals surface area contributed by atoms with E-state index >= 15 is 0 Å². The highest BCUT2D eigenvalue weighted by Gasteiger charge is 2.31. The molecule has 0 aromatic rings. The second-order valence-electron chi connectivity index (χ2n) is 6.95. The zero-order valence-electron chi connectivity index (χ0n) is 14.6. The highest BCUT2D eigenvalue weighted by molar-refractivity contribution is 7.81. The van der Waals surface area contributed by atoms with Gasteiger partial charge in [0.1, 0.15) is 0 Å². The summed E-state index contributed by atoms with van der Waals surface area (Å²) in [4.78, 5) is 0. The molecular weight excluding hydrogens is 286 g/mol. The Bertz CT molecular complexity index is 300. The second kappa shape index (κ2) is 13.2. The summed E-state index contributed by atoms with van der Waals surface area (Å²) in [5.74, 6) is 1.59. The van der Waals surface area contributed by atoms with Gasteiger partial charge in [0.2, 0.25) is 0 Å². The summed E-state index contributed by atoms with van der Waals surface area (Å²) in [6, 6.07) is 0. The summed E-state index contributed by atoms with van der Waals surface area (Å²) in [7, 11) is 0. The van der Waals surface area contributed by atoms with Crippen molar-refractivity contribution in [2.75, 3.05) is 0 Å². The topological polar surface area (TPSA) is 23.9 Å². The fourth-order valence-corrected chi connectivity index (χ4v) is 4.18. The van der Waals surface area contributed by atoms with Gasteiger partial charge in [-0.2, -0.15) is 12.6 Å². The van der Waals surface area contributed by atoms with Gasteiger partial charge in [-0.25, -0.2) is 0 Å². The van der Waals surface area contributed by atoms with Gasteiger partial charge < -0.3 is 5.41 Å². The van der Waals surface area contributed by atoms with Crippen LogP contribution >= 0.6 is 12.6 Å². The maximum Gasteiger partial charge on any atom is 0.00509 e. The quantitative estimate of drug-likeness (QED) is 0.161. The highest BCUT2D eigenvalue weighted by Crippen LogP contribution is 2.39. The Morgan fingerprint density at radius 1 is 0.955 bits per heavy atom. The predicted octanol–water partition coefficient (Wildman–Crippen LogP) is 6.83. The lowest BCUT2D eigenvalue weighted by atomic mass is 9.89. The molecule has 0 radical (unpaired) electrons. The van der Waals surface area contributed by atoms with Crippen LogP contribution < -0.4 is 0 Å². The first-order valence-electron chi connectivity index (χ1n) is 9.63. The third-order valence-electron chi connectivity index (χ3n) is 5.08. The van der Waals surface area contributed by atoms with Crippen molar-refractivity contribution in [1.29, 1.82) is 5.41 Å². The van der Waals surface area contributed by atoms with Crippen LogP contribution in [0.5, 0.6) is 0 Å². The van der Waals surface area contributed by atoms with E-state index in [1.165, 1.54) is 77.0 Å². The average molecular weight is 324 g/mol. The molecule has 1 rings (SSSR count). The third-order valence-corrected chi connectivity index (χ3v) is 5.72. The Morgan fingerprint density at radius 3 is 2.45 bits per heavy atom. The fourth-order valence-electron chi connectivity index (χ4n) is 3.66. The molecule has 22 heavy (non-hydrogen) atoms. The fraction of sp³-hybridized carbons (Fsp3) is 0.850. The smallest absolute Gasteiger partial charge is 0.00509 e. The lowest BCUT2D eigenvalue weighted by Crippen LogP contribution is -2.13. The Kier molecular flexibility index (Phi) is 11.9. The van der Waals surface area contributed by atoms with Crippen molar-refractivity contribution in [2.45, 2.75) is 95.6 Å². The Morgan fingerprint density at radius 2 is 1.68 bits per heavy atom.